The van der Waals surface area contributed by atoms with E-state index in [0.717, 1.165) is 25.9 Å². The second-order valence-corrected chi connectivity index (χ2v) is 3.63. The van der Waals surface area contributed by atoms with Gasteiger partial charge in [-0.2, -0.15) is 0 Å². The summed E-state index contributed by atoms with van der Waals surface area (Å²) in [5, 5.41) is 9.81. The molecule has 0 aromatic carbocycles. The molecule has 0 radical (unpaired) electrons. The first-order valence-corrected chi connectivity index (χ1v) is 5.07. The SMILES string of the molecule is CCOC1(C(O)CC)CCCC1. The highest BCUT2D eigenvalue weighted by atomic mass is 16.5. The van der Waals surface area contributed by atoms with E-state index in [1.807, 2.05) is 13.8 Å². The fourth-order valence-corrected chi connectivity index (χ4v) is 2.21. The molecule has 0 bridgehead atoms. The normalized spacial score (nSPS) is 24.2. The summed E-state index contributed by atoms with van der Waals surface area (Å²) in [6, 6.07) is 0. The Balaban J connectivity index is 2.57. The molecule has 1 rings (SSSR count). The number of ether oxygens (including phenoxy) is 1. The Morgan fingerprint density at radius 1 is 1.33 bits per heavy atom. The summed E-state index contributed by atoms with van der Waals surface area (Å²) < 4.78 is 5.69. The lowest BCUT2D eigenvalue weighted by Gasteiger charge is -2.33. The lowest BCUT2D eigenvalue weighted by molar-refractivity contribution is -0.117. The monoisotopic (exact) mass is 172 g/mol. The molecule has 1 aliphatic rings. The van der Waals surface area contributed by atoms with E-state index in [2.05, 4.69) is 0 Å². The van der Waals surface area contributed by atoms with Crippen LogP contribution in [0, 0.1) is 0 Å². The number of aliphatic hydroxyl groups is 1. The van der Waals surface area contributed by atoms with Crippen molar-refractivity contribution in [3.8, 4) is 0 Å². The molecular weight excluding hydrogens is 152 g/mol. The van der Waals surface area contributed by atoms with Crippen LogP contribution < -0.4 is 0 Å². The molecule has 1 aliphatic carbocycles. The Hall–Kier alpha value is -0.0800. The summed E-state index contributed by atoms with van der Waals surface area (Å²) in [7, 11) is 0. The highest BCUT2D eigenvalue weighted by molar-refractivity contribution is 4.92. The Labute approximate surface area is 74.9 Å². The molecule has 72 valence electrons. The number of aliphatic hydroxyl groups excluding tert-OH is 1. The van der Waals surface area contributed by atoms with Gasteiger partial charge in [-0.3, -0.25) is 0 Å². The van der Waals surface area contributed by atoms with Crippen molar-refractivity contribution in [1.29, 1.82) is 0 Å². The van der Waals surface area contributed by atoms with Gasteiger partial charge in [-0.25, -0.2) is 0 Å². The summed E-state index contributed by atoms with van der Waals surface area (Å²) in [5.74, 6) is 0. The van der Waals surface area contributed by atoms with Gasteiger partial charge in [-0.05, 0) is 26.2 Å². The van der Waals surface area contributed by atoms with Crippen molar-refractivity contribution in [2.75, 3.05) is 6.61 Å². The minimum absolute atomic E-state index is 0.191. The van der Waals surface area contributed by atoms with Crippen LogP contribution in [0.25, 0.3) is 0 Å². The predicted octanol–water partition coefficient (Wildman–Crippen LogP) is 2.11. The maximum atomic E-state index is 9.81. The standard InChI is InChI=1S/C10H20O2/c1-3-9(11)10(12-4-2)7-5-6-8-10/h9,11H,3-8H2,1-2H3. The summed E-state index contributed by atoms with van der Waals surface area (Å²) in [6.07, 6.45) is 5.03. The predicted molar refractivity (Wildman–Crippen MR) is 49.1 cm³/mol. The zero-order valence-electron chi connectivity index (χ0n) is 8.18. The Kier molecular flexibility index (Phi) is 3.53. The van der Waals surface area contributed by atoms with Crippen molar-refractivity contribution in [2.24, 2.45) is 0 Å². The molecule has 0 aliphatic heterocycles. The molecular formula is C10H20O2. The average molecular weight is 172 g/mol. The minimum atomic E-state index is -0.264. The van der Waals surface area contributed by atoms with Crippen LogP contribution in [0.15, 0.2) is 0 Å². The quantitative estimate of drug-likeness (QED) is 0.703. The van der Waals surface area contributed by atoms with Crippen LogP contribution in [0.4, 0.5) is 0 Å². The topological polar surface area (TPSA) is 29.5 Å². The van der Waals surface area contributed by atoms with Crippen molar-refractivity contribution in [3.05, 3.63) is 0 Å². The van der Waals surface area contributed by atoms with Crippen molar-refractivity contribution in [1.82, 2.24) is 0 Å². The minimum Gasteiger partial charge on any atom is -0.390 e. The summed E-state index contributed by atoms with van der Waals surface area (Å²) in [4.78, 5) is 0. The molecule has 0 saturated heterocycles. The van der Waals surface area contributed by atoms with Crippen molar-refractivity contribution < 1.29 is 9.84 Å². The van der Waals surface area contributed by atoms with E-state index in [1.54, 1.807) is 0 Å². The second kappa shape index (κ2) is 4.24. The summed E-state index contributed by atoms with van der Waals surface area (Å²) in [5.41, 5.74) is -0.191. The van der Waals surface area contributed by atoms with Gasteiger partial charge in [0.15, 0.2) is 0 Å². The molecule has 0 spiro atoms. The zero-order valence-corrected chi connectivity index (χ0v) is 8.18. The van der Waals surface area contributed by atoms with Gasteiger partial charge in [0, 0.05) is 6.61 Å². The number of rotatable bonds is 4. The maximum Gasteiger partial charge on any atom is 0.0939 e. The van der Waals surface area contributed by atoms with Crippen LogP contribution in [-0.4, -0.2) is 23.4 Å². The molecule has 0 heterocycles. The number of hydrogen-bond acceptors (Lipinski definition) is 2. The molecule has 0 aromatic rings. The highest BCUT2D eigenvalue weighted by Gasteiger charge is 2.40. The van der Waals surface area contributed by atoms with Crippen LogP contribution >= 0.6 is 0 Å². The second-order valence-electron chi connectivity index (χ2n) is 3.63. The summed E-state index contributed by atoms with van der Waals surface area (Å²) >= 11 is 0. The molecule has 2 heteroatoms. The molecule has 12 heavy (non-hydrogen) atoms. The number of hydrogen-bond donors (Lipinski definition) is 1. The van der Waals surface area contributed by atoms with E-state index in [9.17, 15) is 5.11 Å². The fraction of sp³-hybridized carbons (Fsp3) is 1.00. The van der Waals surface area contributed by atoms with Gasteiger partial charge in [0.1, 0.15) is 0 Å². The van der Waals surface area contributed by atoms with E-state index in [1.165, 1.54) is 12.8 Å². The first kappa shape index (κ1) is 10.0. The van der Waals surface area contributed by atoms with Gasteiger partial charge in [0.2, 0.25) is 0 Å². The third kappa shape index (κ3) is 1.80. The summed E-state index contributed by atoms with van der Waals surface area (Å²) in [6.45, 7) is 4.74. The van der Waals surface area contributed by atoms with Gasteiger partial charge in [0.25, 0.3) is 0 Å². The van der Waals surface area contributed by atoms with Crippen LogP contribution in [0.5, 0.6) is 0 Å². The molecule has 1 atom stereocenters. The Morgan fingerprint density at radius 2 is 1.92 bits per heavy atom. The largest absolute Gasteiger partial charge is 0.390 e. The van der Waals surface area contributed by atoms with Gasteiger partial charge >= 0.3 is 0 Å². The van der Waals surface area contributed by atoms with E-state index in [-0.39, 0.29) is 11.7 Å². The van der Waals surface area contributed by atoms with Gasteiger partial charge < -0.3 is 9.84 Å². The Bertz CT molecular complexity index is 128. The maximum absolute atomic E-state index is 9.81. The molecule has 1 saturated carbocycles. The third-order valence-electron chi connectivity index (χ3n) is 2.88. The van der Waals surface area contributed by atoms with Crippen LogP contribution in [0.2, 0.25) is 0 Å². The van der Waals surface area contributed by atoms with Gasteiger partial charge in [-0.1, -0.05) is 19.8 Å². The van der Waals surface area contributed by atoms with E-state index in [0.29, 0.717) is 0 Å². The van der Waals surface area contributed by atoms with Gasteiger partial charge in [-0.15, -0.1) is 0 Å². The lowest BCUT2D eigenvalue weighted by atomic mass is 9.93. The van der Waals surface area contributed by atoms with E-state index in [4.69, 9.17) is 4.74 Å². The molecule has 2 nitrogen and oxygen atoms in total. The molecule has 1 unspecified atom stereocenters. The zero-order chi connectivity index (χ0) is 9.03. The van der Waals surface area contributed by atoms with Crippen LogP contribution in [0.3, 0.4) is 0 Å². The highest BCUT2D eigenvalue weighted by Crippen LogP contribution is 2.37. The van der Waals surface area contributed by atoms with E-state index >= 15 is 0 Å². The molecule has 0 aromatic heterocycles. The lowest BCUT2D eigenvalue weighted by Crippen LogP contribution is -2.42. The fourth-order valence-electron chi connectivity index (χ4n) is 2.21. The molecule has 0 amide bonds. The smallest absolute Gasteiger partial charge is 0.0939 e. The van der Waals surface area contributed by atoms with Crippen LogP contribution in [0.1, 0.15) is 46.0 Å². The van der Waals surface area contributed by atoms with Crippen molar-refractivity contribution in [3.63, 3.8) is 0 Å². The molecule has 1 N–H and O–H groups in total. The van der Waals surface area contributed by atoms with Crippen molar-refractivity contribution >= 4 is 0 Å². The average Bonchev–Trinajstić information content (AvgIpc) is 2.53. The van der Waals surface area contributed by atoms with Gasteiger partial charge in [0.05, 0.1) is 11.7 Å². The first-order valence-electron chi connectivity index (χ1n) is 5.07. The van der Waals surface area contributed by atoms with E-state index < -0.39 is 0 Å². The Morgan fingerprint density at radius 3 is 2.33 bits per heavy atom. The van der Waals surface area contributed by atoms with Crippen molar-refractivity contribution in [2.45, 2.75) is 57.7 Å². The molecule has 1 fully saturated rings. The van der Waals surface area contributed by atoms with Crippen LogP contribution in [-0.2, 0) is 4.74 Å². The first-order chi connectivity index (χ1) is 5.75. The third-order valence-corrected chi connectivity index (χ3v) is 2.88.